The average Bonchev–Trinajstić information content (AvgIpc) is 2.79. The van der Waals surface area contributed by atoms with E-state index in [4.69, 9.17) is 0 Å². The van der Waals surface area contributed by atoms with E-state index >= 15 is 0 Å². The van der Waals surface area contributed by atoms with Crippen molar-refractivity contribution in [1.29, 1.82) is 0 Å². The van der Waals surface area contributed by atoms with Crippen LogP contribution in [0.5, 0.6) is 0 Å². The normalized spacial score (nSPS) is 11.3. The summed E-state index contributed by atoms with van der Waals surface area (Å²) in [6.07, 6.45) is 19.4. The maximum absolute atomic E-state index is 4.59. The van der Waals surface area contributed by atoms with Gasteiger partial charge in [-0.1, -0.05) is 24.3 Å². The molecule has 0 aliphatic carbocycles. The van der Waals surface area contributed by atoms with Gasteiger partial charge in [0.1, 0.15) is 12.7 Å². The maximum atomic E-state index is 4.59. The number of pyridine rings is 4. The van der Waals surface area contributed by atoms with Crippen LogP contribution >= 0.6 is 0 Å². The highest BCUT2D eigenvalue weighted by atomic mass is 14.9. The van der Waals surface area contributed by atoms with Gasteiger partial charge in [0, 0.05) is 43.1 Å². The van der Waals surface area contributed by atoms with Crippen molar-refractivity contribution < 1.29 is 4.57 Å². The number of aryl methyl sites for hydroxylation is 1. The number of hydrogen-bond acceptors (Lipinski definition) is 3. The summed E-state index contributed by atoms with van der Waals surface area (Å²) in [6.45, 7) is 0. The topological polar surface area (TPSA) is 42.5 Å². The predicted molar refractivity (Wildman–Crippen MR) is 117 cm³/mol. The van der Waals surface area contributed by atoms with Gasteiger partial charge in [-0.2, -0.15) is 4.57 Å². The lowest BCUT2D eigenvalue weighted by Gasteiger charge is -2.03. The van der Waals surface area contributed by atoms with E-state index in [9.17, 15) is 0 Å². The Morgan fingerprint density at radius 3 is 1.76 bits per heavy atom. The summed E-state index contributed by atoms with van der Waals surface area (Å²) < 4.78 is 2.09. The molecule has 0 aliphatic heterocycles. The molecule has 0 amide bonds. The van der Waals surface area contributed by atoms with Crippen LogP contribution in [0, 0.1) is 0 Å². The molecule has 0 aliphatic rings. The largest absolute Gasteiger partial charge is 0.265 e. The molecule has 29 heavy (non-hydrogen) atoms. The van der Waals surface area contributed by atoms with Gasteiger partial charge < -0.3 is 0 Å². The molecule has 140 valence electrons. The van der Waals surface area contributed by atoms with Crippen molar-refractivity contribution in [2.75, 3.05) is 0 Å². The zero-order chi connectivity index (χ0) is 19.9. The fourth-order valence-corrected chi connectivity index (χ4v) is 2.97. The van der Waals surface area contributed by atoms with Crippen molar-refractivity contribution in [3.63, 3.8) is 0 Å². The molecule has 0 unspecified atom stereocenters. The Kier molecular flexibility index (Phi) is 5.63. The van der Waals surface area contributed by atoms with Gasteiger partial charge in [0.15, 0.2) is 6.20 Å². The lowest BCUT2D eigenvalue weighted by Crippen LogP contribution is -2.30. The van der Waals surface area contributed by atoms with Crippen LogP contribution < -0.4 is 4.57 Å². The van der Waals surface area contributed by atoms with E-state index in [0.717, 1.165) is 33.6 Å². The van der Waals surface area contributed by atoms with Crippen LogP contribution in [-0.2, 0) is 7.05 Å². The van der Waals surface area contributed by atoms with E-state index < -0.39 is 0 Å². The first-order chi connectivity index (χ1) is 14.3. The van der Waals surface area contributed by atoms with Gasteiger partial charge in [-0.25, -0.2) is 4.98 Å². The fraction of sp³-hybridized carbons (Fsp3) is 0.0400. The highest BCUT2D eigenvalue weighted by Crippen LogP contribution is 2.18. The van der Waals surface area contributed by atoms with E-state index in [1.54, 1.807) is 24.8 Å². The lowest BCUT2D eigenvalue weighted by atomic mass is 10.1. The zero-order valence-electron chi connectivity index (χ0n) is 16.2. The number of hydrogen-bond donors (Lipinski definition) is 0. The van der Waals surface area contributed by atoms with Gasteiger partial charge in [0.2, 0.25) is 5.69 Å². The third-order valence-electron chi connectivity index (χ3n) is 4.57. The lowest BCUT2D eigenvalue weighted by molar-refractivity contribution is -0.660. The molecular weight excluding hydrogens is 356 g/mol. The van der Waals surface area contributed by atoms with E-state index in [1.165, 1.54) is 0 Å². The van der Waals surface area contributed by atoms with Crippen LogP contribution in [0.15, 0.2) is 85.7 Å². The smallest absolute Gasteiger partial charge is 0.231 e. The van der Waals surface area contributed by atoms with Crippen molar-refractivity contribution in [2.45, 2.75) is 0 Å². The molecule has 0 saturated carbocycles. The summed E-state index contributed by atoms with van der Waals surface area (Å²) in [4.78, 5) is 12.7. The second-order valence-electron chi connectivity index (χ2n) is 6.66. The summed E-state index contributed by atoms with van der Waals surface area (Å²) in [5.41, 5.74) is 6.45. The van der Waals surface area contributed by atoms with Gasteiger partial charge in [-0.05, 0) is 58.7 Å². The van der Waals surface area contributed by atoms with Crippen molar-refractivity contribution >= 4 is 24.3 Å². The second kappa shape index (κ2) is 8.85. The first kappa shape index (κ1) is 18.4. The highest BCUT2D eigenvalue weighted by Gasteiger charge is 2.11. The zero-order valence-corrected chi connectivity index (χ0v) is 16.2. The Bertz CT molecular complexity index is 1150. The molecule has 0 aromatic carbocycles. The van der Waals surface area contributed by atoms with Crippen LogP contribution in [0.2, 0.25) is 0 Å². The van der Waals surface area contributed by atoms with Crippen LogP contribution in [0.3, 0.4) is 0 Å². The molecule has 4 rings (SSSR count). The van der Waals surface area contributed by atoms with E-state index in [1.807, 2.05) is 43.6 Å². The molecule has 0 radical (unpaired) electrons. The molecule has 0 spiro atoms. The van der Waals surface area contributed by atoms with Crippen LogP contribution in [0.1, 0.15) is 22.3 Å². The van der Waals surface area contributed by atoms with Crippen LogP contribution in [0.4, 0.5) is 0 Å². The van der Waals surface area contributed by atoms with Crippen molar-refractivity contribution in [2.24, 2.45) is 7.05 Å². The predicted octanol–water partition coefficient (Wildman–Crippen LogP) is 4.70. The van der Waals surface area contributed by atoms with Crippen LogP contribution in [-0.4, -0.2) is 15.0 Å². The molecule has 0 atom stereocenters. The van der Waals surface area contributed by atoms with E-state index in [-0.39, 0.29) is 0 Å². The first-order valence-corrected chi connectivity index (χ1v) is 9.40. The molecule has 0 saturated heterocycles. The summed E-state index contributed by atoms with van der Waals surface area (Å²) in [5, 5.41) is 0. The SMILES string of the molecule is C[n+]1ccc(/C=C/c2ccncc2)cc1-c1cc(/C=C/c2ccncc2)ccn1. The van der Waals surface area contributed by atoms with Gasteiger partial charge in [0.25, 0.3) is 0 Å². The summed E-state index contributed by atoms with van der Waals surface area (Å²) in [5.74, 6) is 0. The second-order valence-corrected chi connectivity index (χ2v) is 6.66. The van der Waals surface area contributed by atoms with Gasteiger partial charge in [-0.15, -0.1) is 0 Å². The highest BCUT2D eigenvalue weighted by molar-refractivity contribution is 5.73. The third kappa shape index (κ3) is 4.87. The minimum absolute atomic E-state index is 0.934. The molecule has 0 bridgehead atoms. The quantitative estimate of drug-likeness (QED) is 0.473. The average molecular weight is 377 g/mol. The molecule has 4 nitrogen and oxygen atoms in total. The Hall–Kier alpha value is -3.92. The maximum Gasteiger partial charge on any atom is 0.231 e. The number of nitrogens with zero attached hydrogens (tertiary/aromatic N) is 4. The molecule has 4 heterocycles. The molecule has 4 aromatic heterocycles. The van der Waals surface area contributed by atoms with Crippen molar-refractivity contribution in [3.8, 4) is 11.4 Å². The third-order valence-corrected chi connectivity index (χ3v) is 4.57. The Morgan fingerprint density at radius 1 is 0.621 bits per heavy atom. The van der Waals surface area contributed by atoms with Crippen molar-refractivity contribution in [1.82, 2.24) is 15.0 Å². The first-order valence-electron chi connectivity index (χ1n) is 9.40. The Labute approximate surface area is 170 Å². The van der Waals surface area contributed by atoms with Crippen LogP contribution in [0.25, 0.3) is 35.7 Å². The number of rotatable bonds is 5. The molecule has 4 heteroatoms. The minimum Gasteiger partial charge on any atom is -0.265 e. The summed E-state index contributed by atoms with van der Waals surface area (Å²) in [6, 6.07) is 16.3. The standard InChI is InChI=1S/C25H21N4/c1-29-17-11-23(5-3-21-8-14-27-15-9-21)19-25(29)24-18-22(10-16-28-24)4-2-20-6-12-26-13-7-20/h2-19H,1H3/q+1/b4-2+,5-3+. The van der Waals surface area contributed by atoms with Crippen molar-refractivity contribution in [3.05, 3.63) is 108 Å². The molecular formula is C25H21N4+. The Morgan fingerprint density at radius 2 is 1.14 bits per heavy atom. The molecule has 0 N–H and O–H groups in total. The molecule has 0 fully saturated rings. The summed E-state index contributed by atoms with van der Waals surface area (Å²) in [7, 11) is 2.03. The number of aromatic nitrogens is 4. The fourth-order valence-electron chi connectivity index (χ4n) is 2.97. The Balaban J connectivity index is 1.61. The summed E-state index contributed by atoms with van der Waals surface area (Å²) >= 11 is 0. The van der Waals surface area contributed by atoms with E-state index in [2.05, 4.69) is 68.2 Å². The molecule has 4 aromatic rings. The van der Waals surface area contributed by atoms with Gasteiger partial charge >= 0.3 is 0 Å². The van der Waals surface area contributed by atoms with Gasteiger partial charge in [-0.3, -0.25) is 9.97 Å². The van der Waals surface area contributed by atoms with Gasteiger partial charge in [0.05, 0.1) is 0 Å². The minimum atomic E-state index is 0.934. The monoisotopic (exact) mass is 377 g/mol. The van der Waals surface area contributed by atoms with E-state index in [0.29, 0.717) is 0 Å².